The van der Waals surface area contributed by atoms with E-state index in [1.165, 1.54) is 0 Å². The molecular formula is C10H19NO3. The van der Waals surface area contributed by atoms with Crippen LogP contribution in [-0.4, -0.2) is 29.9 Å². The Labute approximate surface area is 85.0 Å². The topological polar surface area (TPSA) is 47.6 Å². The molecule has 1 amide bonds. The van der Waals surface area contributed by atoms with Gasteiger partial charge in [-0.05, 0) is 34.6 Å². The van der Waals surface area contributed by atoms with Crippen LogP contribution in [0.4, 0.5) is 0 Å². The van der Waals surface area contributed by atoms with E-state index in [9.17, 15) is 4.79 Å². The van der Waals surface area contributed by atoms with Gasteiger partial charge in [0, 0.05) is 6.04 Å². The summed E-state index contributed by atoms with van der Waals surface area (Å²) in [5.41, 5.74) is 0. The molecule has 0 bridgehead atoms. The number of hydrogen-bond acceptors (Lipinski definition) is 3. The zero-order valence-corrected chi connectivity index (χ0v) is 9.46. The third kappa shape index (κ3) is 2.69. The van der Waals surface area contributed by atoms with E-state index in [1.807, 2.05) is 34.6 Å². The van der Waals surface area contributed by atoms with Crippen molar-refractivity contribution < 1.29 is 14.3 Å². The van der Waals surface area contributed by atoms with Gasteiger partial charge in [0.15, 0.2) is 11.9 Å². The molecular weight excluding hydrogens is 182 g/mol. The third-order valence-corrected chi connectivity index (χ3v) is 2.00. The first kappa shape index (κ1) is 11.5. The highest BCUT2D eigenvalue weighted by Crippen LogP contribution is 2.27. The van der Waals surface area contributed by atoms with E-state index in [4.69, 9.17) is 9.47 Å². The van der Waals surface area contributed by atoms with Crippen molar-refractivity contribution in [2.24, 2.45) is 0 Å². The summed E-state index contributed by atoms with van der Waals surface area (Å²) >= 11 is 0. The Morgan fingerprint density at radius 1 is 1.36 bits per heavy atom. The average Bonchev–Trinajstić information content (AvgIpc) is 2.23. The summed E-state index contributed by atoms with van der Waals surface area (Å²) < 4.78 is 11.0. The van der Waals surface area contributed by atoms with Crippen molar-refractivity contribution in [3.8, 4) is 0 Å². The molecule has 82 valence electrons. The molecule has 4 nitrogen and oxygen atoms in total. The number of amides is 1. The van der Waals surface area contributed by atoms with Crippen LogP contribution in [0.15, 0.2) is 0 Å². The van der Waals surface area contributed by atoms with E-state index < -0.39 is 11.9 Å². The van der Waals surface area contributed by atoms with Gasteiger partial charge in [0.25, 0.3) is 5.91 Å². The first-order valence-corrected chi connectivity index (χ1v) is 4.98. The lowest BCUT2D eigenvalue weighted by molar-refractivity contribution is -0.155. The number of carbonyl (C=O) groups excluding carboxylic acids is 1. The molecule has 0 aromatic carbocycles. The average molecular weight is 201 g/mol. The molecule has 0 unspecified atom stereocenters. The van der Waals surface area contributed by atoms with Crippen LogP contribution in [0.2, 0.25) is 0 Å². The molecule has 1 aliphatic rings. The number of ether oxygens (including phenoxy) is 2. The Kier molecular flexibility index (Phi) is 3.17. The van der Waals surface area contributed by atoms with Crippen molar-refractivity contribution in [2.75, 3.05) is 0 Å². The maximum absolute atomic E-state index is 11.6. The van der Waals surface area contributed by atoms with Crippen molar-refractivity contribution in [1.29, 1.82) is 0 Å². The lowest BCUT2D eigenvalue weighted by Crippen LogP contribution is -2.42. The van der Waals surface area contributed by atoms with Gasteiger partial charge in [-0.2, -0.15) is 0 Å². The Hall–Kier alpha value is -0.610. The second-order valence-corrected chi connectivity index (χ2v) is 4.42. The van der Waals surface area contributed by atoms with Gasteiger partial charge < -0.3 is 14.8 Å². The summed E-state index contributed by atoms with van der Waals surface area (Å²) in [7, 11) is 0. The standard InChI is InChI=1S/C10H19NO3/c1-6(2)11-9(12)8-7(3)13-10(4,5)14-8/h6-8H,1-5H3,(H,11,12)/t7-,8-/m0/s1. The Bertz CT molecular complexity index is 225. The van der Waals surface area contributed by atoms with Crippen LogP contribution in [0.1, 0.15) is 34.6 Å². The number of hydrogen-bond donors (Lipinski definition) is 1. The molecule has 0 saturated carbocycles. The molecule has 0 aromatic heterocycles. The van der Waals surface area contributed by atoms with Gasteiger partial charge in [-0.3, -0.25) is 4.79 Å². The zero-order chi connectivity index (χ0) is 10.9. The monoisotopic (exact) mass is 201 g/mol. The minimum absolute atomic E-state index is 0.0990. The molecule has 14 heavy (non-hydrogen) atoms. The summed E-state index contributed by atoms with van der Waals surface area (Å²) in [5, 5.41) is 2.81. The first-order chi connectivity index (χ1) is 6.32. The SMILES string of the molecule is CC(C)NC(=O)[C@H]1OC(C)(C)O[C@H]1C. The van der Waals surface area contributed by atoms with E-state index in [0.717, 1.165) is 0 Å². The smallest absolute Gasteiger partial charge is 0.252 e. The van der Waals surface area contributed by atoms with E-state index in [1.54, 1.807) is 0 Å². The summed E-state index contributed by atoms with van der Waals surface area (Å²) in [5.74, 6) is -0.753. The molecule has 1 saturated heterocycles. The van der Waals surface area contributed by atoms with E-state index >= 15 is 0 Å². The summed E-state index contributed by atoms with van der Waals surface area (Å²) in [6.45, 7) is 9.31. The van der Waals surface area contributed by atoms with Gasteiger partial charge in [-0.1, -0.05) is 0 Å². The van der Waals surface area contributed by atoms with Crippen LogP contribution in [0.3, 0.4) is 0 Å². The van der Waals surface area contributed by atoms with E-state index in [2.05, 4.69) is 5.32 Å². The van der Waals surface area contributed by atoms with E-state index in [0.29, 0.717) is 0 Å². The molecule has 1 N–H and O–H groups in total. The minimum Gasteiger partial charge on any atom is -0.352 e. The second kappa shape index (κ2) is 3.87. The Balaban J connectivity index is 2.57. The molecule has 0 radical (unpaired) electrons. The minimum atomic E-state index is -0.654. The van der Waals surface area contributed by atoms with Gasteiger partial charge in [0.2, 0.25) is 0 Å². The second-order valence-electron chi connectivity index (χ2n) is 4.42. The van der Waals surface area contributed by atoms with Crippen LogP contribution in [-0.2, 0) is 14.3 Å². The fraction of sp³-hybridized carbons (Fsp3) is 0.900. The molecule has 1 heterocycles. The molecule has 0 aliphatic carbocycles. The normalized spacial score (nSPS) is 30.7. The van der Waals surface area contributed by atoms with Crippen molar-refractivity contribution in [2.45, 2.75) is 58.7 Å². The predicted molar refractivity (Wildman–Crippen MR) is 52.8 cm³/mol. The molecule has 1 rings (SSSR count). The molecule has 1 aliphatic heterocycles. The fourth-order valence-electron chi connectivity index (χ4n) is 1.57. The Morgan fingerprint density at radius 2 is 1.93 bits per heavy atom. The van der Waals surface area contributed by atoms with Crippen LogP contribution < -0.4 is 5.32 Å². The number of carbonyl (C=O) groups is 1. The Morgan fingerprint density at radius 3 is 2.29 bits per heavy atom. The number of rotatable bonds is 2. The van der Waals surface area contributed by atoms with Gasteiger partial charge >= 0.3 is 0 Å². The van der Waals surface area contributed by atoms with Gasteiger partial charge in [-0.15, -0.1) is 0 Å². The molecule has 1 fully saturated rings. The molecule has 0 aromatic rings. The van der Waals surface area contributed by atoms with Crippen LogP contribution in [0.25, 0.3) is 0 Å². The van der Waals surface area contributed by atoms with Gasteiger partial charge in [0.05, 0.1) is 6.10 Å². The maximum atomic E-state index is 11.6. The molecule has 0 spiro atoms. The maximum Gasteiger partial charge on any atom is 0.252 e. The quantitative estimate of drug-likeness (QED) is 0.726. The highest BCUT2D eigenvalue weighted by molar-refractivity contribution is 5.81. The van der Waals surface area contributed by atoms with E-state index in [-0.39, 0.29) is 18.1 Å². The lowest BCUT2D eigenvalue weighted by atomic mass is 10.2. The van der Waals surface area contributed by atoms with Crippen molar-refractivity contribution in [1.82, 2.24) is 5.32 Å². The first-order valence-electron chi connectivity index (χ1n) is 4.98. The van der Waals surface area contributed by atoms with Crippen LogP contribution >= 0.6 is 0 Å². The van der Waals surface area contributed by atoms with Crippen molar-refractivity contribution >= 4 is 5.91 Å². The van der Waals surface area contributed by atoms with Crippen LogP contribution in [0, 0.1) is 0 Å². The van der Waals surface area contributed by atoms with Gasteiger partial charge in [0.1, 0.15) is 0 Å². The lowest BCUT2D eigenvalue weighted by Gasteiger charge is -2.17. The summed E-state index contributed by atoms with van der Waals surface area (Å²) in [6, 6.07) is 0.127. The van der Waals surface area contributed by atoms with Gasteiger partial charge in [-0.25, -0.2) is 0 Å². The number of nitrogens with one attached hydrogen (secondary N) is 1. The third-order valence-electron chi connectivity index (χ3n) is 2.00. The predicted octanol–water partition coefficient (Wildman–Crippen LogP) is 1.05. The molecule has 4 heteroatoms. The van der Waals surface area contributed by atoms with Crippen LogP contribution in [0.5, 0.6) is 0 Å². The summed E-state index contributed by atoms with van der Waals surface area (Å²) in [4.78, 5) is 11.6. The zero-order valence-electron chi connectivity index (χ0n) is 9.46. The molecule has 2 atom stereocenters. The highest BCUT2D eigenvalue weighted by Gasteiger charge is 2.42. The fourth-order valence-corrected chi connectivity index (χ4v) is 1.57. The largest absolute Gasteiger partial charge is 0.352 e. The summed E-state index contributed by atoms with van der Waals surface area (Å²) in [6.07, 6.45) is -0.684. The highest BCUT2D eigenvalue weighted by atomic mass is 16.8. The van der Waals surface area contributed by atoms with Crippen molar-refractivity contribution in [3.05, 3.63) is 0 Å². The van der Waals surface area contributed by atoms with Crippen molar-refractivity contribution in [3.63, 3.8) is 0 Å².